The minimum absolute atomic E-state index is 0.0676. The van der Waals surface area contributed by atoms with Crippen molar-refractivity contribution >= 4 is 33.7 Å². The van der Waals surface area contributed by atoms with Gasteiger partial charge in [-0.3, -0.25) is 9.59 Å². The minimum Gasteiger partial charge on any atom is -0.464 e. The van der Waals surface area contributed by atoms with Crippen molar-refractivity contribution in [3.63, 3.8) is 0 Å². The van der Waals surface area contributed by atoms with Gasteiger partial charge in [0.05, 0.1) is 12.7 Å². The average Bonchev–Trinajstić information content (AvgIpc) is 3.31. The third-order valence-electron chi connectivity index (χ3n) is 5.36. The largest absolute Gasteiger partial charge is 0.464 e. The lowest BCUT2D eigenvalue weighted by molar-refractivity contribution is -0.147. The van der Waals surface area contributed by atoms with Gasteiger partial charge in [-0.05, 0) is 55.2 Å². The number of hydrogen-bond acceptors (Lipinski definition) is 4. The number of aryl methyl sites for hydroxylation is 2. The van der Waals surface area contributed by atoms with E-state index in [0.717, 1.165) is 44.1 Å². The van der Waals surface area contributed by atoms with Gasteiger partial charge >= 0.3 is 5.97 Å². The normalized spacial score (nSPS) is 11.1. The van der Waals surface area contributed by atoms with Gasteiger partial charge in [-0.1, -0.05) is 18.2 Å². The number of carbonyl (C=O) groups is 2. The van der Waals surface area contributed by atoms with Gasteiger partial charge in [-0.25, -0.2) is 0 Å². The van der Waals surface area contributed by atoms with E-state index in [4.69, 9.17) is 9.15 Å². The highest BCUT2D eigenvalue weighted by Crippen LogP contribution is 2.25. The van der Waals surface area contributed by atoms with E-state index in [9.17, 15) is 9.59 Å². The predicted octanol–water partition coefficient (Wildman–Crippen LogP) is 3.98. The fourth-order valence-corrected chi connectivity index (χ4v) is 3.55. The van der Waals surface area contributed by atoms with Crippen molar-refractivity contribution < 1.29 is 18.7 Å². The molecule has 0 aliphatic carbocycles. The van der Waals surface area contributed by atoms with Crippen LogP contribution in [0.4, 0.5) is 0 Å². The summed E-state index contributed by atoms with van der Waals surface area (Å²) in [7, 11) is 0. The molecular formula is C24H24N2O4. The molecule has 6 heteroatoms. The van der Waals surface area contributed by atoms with Gasteiger partial charge in [-0.2, -0.15) is 0 Å². The topological polar surface area (TPSA) is 84.3 Å². The molecule has 0 unspecified atom stereocenters. The Kier molecular flexibility index (Phi) is 5.57. The summed E-state index contributed by atoms with van der Waals surface area (Å²) >= 11 is 0. The second kappa shape index (κ2) is 8.45. The molecule has 6 nitrogen and oxygen atoms in total. The van der Waals surface area contributed by atoms with Gasteiger partial charge in [0.1, 0.15) is 5.58 Å². The van der Waals surface area contributed by atoms with Gasteiger partial charge in [0.25, 0.3) is 5.91 Å². The van der Waals surface area contributed by atoms with Crippen molar-refractivity contribution in [1.29, 1.82) is 0 Å². The molecule has 4 aromatic rings. The Morgan fingerprint density at radius 1 is 1.07 bits per heavy atom. The van der Waals surface area contributed by atoms with Crippen LogP contribution in [0, 0.1) is 13.8 Å². The smallest absolute Gasteiger partial charge is 0.310 e. The van der Waals surface area contributed by atoms with Crippen molar-refractivity contribution in [2.75, 3.05) is 13.2 Å². The summed E-state index contributed by atoms with van der Waals surface area (Å²) in [5.41, 5.74) is 5.99. The molecule has 0 spiro atoms. The molecule has 2 aromatic heterocycles. The van der Waals surface area contributed by atoms with Crippen LogP contribution in [0.1, 0.15) is 22.3 Å². The standard InChI is InChI=1S/C24H24N2O4/c1-15-9-20-18(13-29-22(20)10-16(15)2)11-24(28)30-14-23(27)25-8-7-17-12-26-21-6-4-3-5-19(17)21/h3-6,9-10,12-13,26H,7-8,11,14H2,1-2H3,(H,25,27). The van der Waals surface area contributed by atoms with E-state index >= 15 is 0 Å². The fraction of sp³-hybridized carbons (Fsp3) is 0.250. The van der Waals surface area contributed by atoms with Gasteiger partial charge in [-0.15, -0.1) is 0 Å². The summed E-state index contributed by atoms with van der Waals surface area (Å²) in [6, 6.07) is 12.0. The lowest BCUT2D eigenvalue weighted by atomic mass is 10.0. The van der Waals surface area contributed by atoms with Crippen molar-refractivity contribution in [2.45, 2.75) is 26.7 Å². The average molecular weight is 404 g/mol. The molecule has 2 N–H and O–H groups in total. The number of esters is 1. The number of fused-ring (bicyclic) bond motifs is 2. The highest BCUT2D eigenvalue weighted by atomic mass is 16.5. The summed E-state index contributed by atoms with van der Waals surface area (Å²) in [6.07, 6.45) is 4.29. The van der Waals surface area contributed by atoms with Crippen molar-refractivity contribution in [1.82, 2.24) is 10.3 Å². The predicted molar refractivity (Wildman–Crippen MR) is 115 cm³/mol. The number of para-hydroxylation sites is 1. The molecule has 0 saturated carbocycles. The number of benzene rings is 2. The van der Waals surface area contributed by atoms with Gasteiger partial charge in [0.15, 0.2) is 6.61 Å². The quantitative estimate of drug-likeness (QED) is 0.457. The molecule has 0 aliphatic rings. The van der Waals surface area contributed by atoms with E-state index in [1.807, 2.05) is 56.4 Å². The first-order valence-electron chi connectivity index (χ1n) is 9.96. The van der Waals surface area contributed by atoms with Crippen LogP contribution in [0.25, 0.3) is 21.9 Å². The van der Waals surface area contributed by atoms with Crippen LogP contribution in [0.15, 0.2) is 53.3 Å². The maximum absolute atomic E-state index is 12.2. The molecule has 30 heavy (non-hydrogen) atoms. The number of amides is 1. The van der Waals surface area contributed by atoms with Gasteiger partial charge in [0.2, 0.25) is 0 Å². The van der Waals surface area contributed by atoms with Crippen LogP contribution in [0.5, 0.6) is 0 Å². The van der Waals surface area contributed by atoms with E-state index in [1.165, 1.54) is 0 Å². The number of ether oxygens (including phenoxy) is 1. The molecule has 0 aliphatic heterocycles. The number of furan rings is 1. The fourth-order valence-electron chi connectivity index (χ4n) is 3.55. The number of hydrogen-bond donors (Lipinski definition) is 2. The molecule has 1 amide bonds. The minimum atomic E-state index is -0.456. The third kappa shape index (κ3) is 4.22. The van der Waals surface area contributed by atoms with Crippen LogP contribution in [-0.2, 0) is 27.2 Å². The lowest BCUT2D eigenvalue weighted by Gasteiger charge is -2.06. The molecular weight excluding hydrogens is 380 g/mol. The molecule has 154 valence electrons. The SMILES string of the molecule is Cc1cc2occ(CC(=O)OCC(=O)NCCc3c[nH]c4ccccc34)c2cc1C. The Balaban J connectivity index is 1.25. The Hall–Kier alpha value is -3.54. The first-order chi connectivity index (χ1) is 14.5. The van der Waals surface area contributed by atoms with Crippen LogP contribution in [0.2, 0.25) is 0 Å². The summed E-state index contributed by atoms with van der Waals surface area (Å²) in [6.45, 7) is 4.22. The van der Waals surface area contributed by atoms with E-state index < -0.39 is 5.97 Å². The number of aromatic nitrogens is 1. The molecule has 4 rings (SSSR count). The number of H-pyrrole nitrogens is 1. The van der Waals surface area contributed by atoms with Gasteiger partial charge < -0.3 is 19.5 Å². The zero-order valence-corrected chi connectivity index (χ0v) is 17.1. The third-order valence-corrected chi connectivity index (χ3v) is 5.36. The van der Waals surface area contributed by atoms with Crippen LogP contribution < -0.4 is 5.32 Å². The second-order valence-corrected chi connectivity index (χ2v) is 7.49. The van der Waals surface area contributed by atoms with Gasteiger partial charge in [0, 0.05) is 34.6 Å². The van der Waals surface area contributed by atoms with E-state index in [0.29, 0.717) is 13.0 Å². The summed E-state index contributed by atoms with van der Waals surface area (Å²) in [4.78, 5) is 27.4. The summed E-state index contributed by atoms with van der Waals surface area (Å²) in [5.74, 6) is -0.769. The highest BCUT2D eigenvalue weighted by Gasteiger charge is 2.14. The van der Waals surface area contributed by atoms with Crippen LogP contribution in [-0.4, -0.2) is 30.0 Å². The van der Waals surface area contributed by atoms with Crippen LogP contribution >= 0.6 is 0 Å². The molecule has 2 heterocycles. The van der Waals surface area contributed by atoms with E-state index in [1.54, 1.807) is 6.26 Å². The maximum atomic E-state index is 12.2. The molecule has 0 fully saturated rings. The molecule has 0 radical (unpaired) electrons. The van der Waals surface area contributed by atoms with Crippen LogP contribution in [0.3, 0.4) is 0 Å². The monoisotopic (exact) mass is 404 g/mol. The first kappa shape index (κ1) is 19.8. The Bertz CT molecular complexity index is 1220. The zero-order valence-electron chi connectivity index (χ0n) is 17.1. The number of aromatic amines is 1. The van der Waals surface area contributed by atoms with Crippen molar-refractivity contribution in [2.24, 2.45) is 0 Å². The molecule has 0 atom stereocenters. The Morgan fingerprint density at radius 3 is 2.73 bits per heavy atom. The molecule has 0 bridgehead atoms. The molecule has 0 saturated heterocycles. The molecule has 2 aromatic carbocycles. The lowest BCUT2D eigenvalue weighted by Crippen LogP contribution is -2.30. The van der Waals surface area contributed by atoms with E-state index in [-0.39, 0.29) is 18.9 Å². The second-order valence-electron chi connectivity index (χ2n) is 7.49. The highest BCUT2D eigenvalue weighted by molar-refractivity contribution is 5.88. The van der Waals surface area contributed by atoms with Crippen molar-refractivity contribution in [3.8, 4) is 0 Å². The summed E-state index contributed by atoms with van der Waals surface area (Å²) < 4.78 is 10.7. The summed E-state index contributed by atoms with van der Waals surface area (Å²) in [5, 5.41) is 4.84. The Morgan fingerprint density at radius 2 is 1.87 bits per heavy atom. The zero-order chi connectivity index (χ0) is 21.1. The number of rotatable bonds is 7. The van der Waals surface area contributed by atoms with E-state index in [2.05, 4.69) is 10.3 Å². The van der Waals surface area contributed by atoms with Crippen molar-refractivity contribution in [3.05, 3.63) is 71.1 Å². The number of nitrogens with one attached hydrogen (secondary N) is 2. The maximum Gasteiger partial charge on any atom is 0.310 e. The number of carbonyl (C=O) groups excluding carboxylic acids is 2. The first-order valence-corrected chi connectivity index (χ1v) is 9.96. The Labute approximate surface area is 174 Å².